The minimum absolute atomic E-state index is 0.0719. The van der Waals surface area contributed by atoms with Crippen LogP contribution in [0.5, 0.6) is 5.75 Å². The summed E-state index contributed by atoms with van der Waals surface area (Å²) in [6.45, 7) is 3.96. The van der Waals surface area contributed by atoms with E-state index in [1.54, 1.807) is 47.5 Å². The van der Waals surface area contributed by atoms with E-state index in [1.165, 1.54) is 17.4 Å². The largest absolute Gasteiger partial charge is 0.482 e. The van der Waals surface area contributed by atoms with Gasteiger partial charge in [-0.05, 0) is 36.1 Å². The predicted octanol–water partition coefficient (Wildman–Crippen LogP) is 3.05. The summed E-state index contributed by atoms with van der Waals surface area (Å²) < 4.78 is 5.57. The zero-order valence-corrected chi connectivity index (χ0v) is 14.3. The van der Waals surface area contributed by atoms with E-state index in [9.17, 15) is 9.59 Å². The molecule has 5 nitrogen and oxygen atoms in total. The number of aryl methyl sites for hydroxylation is 1. The molecule has 1 heterocycles. The van der Waals surface area contributed by atoms with Crippen LogP contribution in [0.4, 0.5) is 5.69 Å². The van der Waals surface area contributed by atoms with E-state index >= 15 is 0 Å². The van der Waals surface area contributed by atoms with Gasteiger partial charge in [0.05, 0.1) is 12.2 Å². The van der Waals surface area contributed by atoms with Gasteiger partial charge in [-0.2, -0.15) is 0 Å². The van der Waals surface area contributed by atoms with Gasteiger partial charge in [0.2, 0.25) is 5.91 Å². The second-order valence-electron chi connectivity index (χ2n) is 5.24. The summed E-state index contributed by atoms with van der Waals surface area (Å²) in [6, 6.07) is 9.09. The number of nitrogens with one attached hydrogen (secondary N) is 1. The van der Waals surface area contributed by atoms with Crippen LogP contribution in [0.2, 0.25) is 0 Å². The van der Waals surface area contributed by atoms with E-state index < -0.39 is 0 Å². The SMILES string of the molecule is CC(=O)Nc1ccccc1OCC(=O)N(C)Cc1sccc1C. The van der Waals surface area contributed by atoms with Gasteiger partial charge in [0.1, 0.15) is 5.75 Å². The maximum absolute atomic E-state index is 12.2. The highest BCUT2D eigenvalue weighted by Gasteiger charge is 2.13. The van der Waals surface area contributed by atoms with E-state index in [1.807, 2.05) is 18.4 Å². The Bertz CT molecular complexity index is 697. The Morgan fingerprint density at radius 3 is 2.65 bits per heavy atom. The lowest BCUT2D eigenvalue weighted by Crippen LogP contribution is -2.31. The first kappa shape index (κ1) is 17.0. The summed E-state index contributed by atoms with van der Waals surface area (Å²) in [4.78, 5) is 26.2. The predicted molar refractivity (Wildman–Crippen MR) is 91.8 cm³/mol. The van der Waals surface area contributed by atoms with Crippen molar-refractivity contribution < 1.29 is 14.3 Å². The molecule has 1 N–H and O–H groups in total. The molecule has 6 heteroatoms. The quantitative estimate of drug-likeness (QED) is 0.884. The second-order valence-corrected chi connectivity index (χ2v) is 6.24. The van der Waals surface area contributed by atoms with Crippen LogP contribution in [0.1, 0.15) is 17.4 Å². The molecule has 0 saturated heterocycles. The summed E-state index contributed by atoms with van der Waals surface area (Å²) in [7, 11) is 1.75. The number of rotatable bonds is 6. The number of likely N-dealkylation sites (N-methyl/N-ethyl adjacent to an activating group) is 1. The van der Waals surface area contributed by atoms with Crippen molar-refractivity contribution in [2.75, 3.05) is 19.0 Å². The Labute approximate surface area is 139 Å². The first-order valence-electron chi connectivity index (χ1n) is 7.23. The van der Waals surface area contributed by atoms with E-state index in [0.29, 0.717) is 18.0 Å². The first-order valence-corrected chi connectivity index (χ1v) is 8.11. The van der Waals surface area contributed by atoms with Crippen molar-refractivity contribution in [1.82, 2.24) is 4.90 Å². The third-order valence-corrected chi connectivity index (χ3v) is 4.33. The lowest BCUT2D eigenvalue weighted by Gasteiger charge is -2.18. The highest BCUT2D eigenvalue weighted by Crippen LogP contribution is 2.24. The fourth-order valence-corrected chi connectivity index (χ4v) is 2.96. The van der Waals surface area contributed by atoms with E-state index in [4.69, 9.17) is 4.74 Å². The van der Waals surface area contributed by atoms with Gasteiger partial charge in [-0.3, -0.25) is 9.59 Å². The van der Waals surface area contributed by atoms with Crippen molar-refractivity contribution in [2.24, 2.45) is 0 Å². The molecule has 0 unspecified atom stereocenters. The van der Waals surface area contributed by atoms with Crippen LogP contribution in [0.3, 0.4) is 0 Å². The Kier molecular flexibility index (Phi) is 5.76. The number of carbonyl (C=O) groups is 2. The molecule has 0 aliphatic rings. The maximum atomic E-state index is 12.2. The van der Waals surface area contributed by atoms with Crippen molar-refractivity contribution in [3.05, 3.63) is 46.2 Å². The zero-order chi connectivity index (χ0) is 16.8. The molecular formula is C17H20N2O3S. The van der Waals surface area contributed by atoms with Gasteiger partial charge in [-0.15, -0.1) is 11.3 Å². The molecule has 1 aromatic carbocycles. The Balaban J connectivity index is 1.94. The Morgan fingerprint density at radius 1 is 1.26 bits per heavy atom. The zero-order valence-electron chi connectivity index (χ0n) is 13.5. The number of amides is 2. The minimum Gasteiger partial charge on any atom is -0.482 e. The number of ether oxygens (including phenoxy) is 1. The lowest BCUT2D eigenvalue weighted by atomic mass is 10.3. The average Bonchev–Trinajstić information content (AvgIpc) is 2.90. The second kappa shape index (κ2) is 7.78. The molecule has 0 fully saturated rings. The molecule has 0 spiro atoms. The number of anilines is 1. The molecule has 2 rings (SSSR count). The first-order chi connectivity index (χ1) is 11.0. The summed E-state index contributed by atoms with van der Waals surface area (Å²) in [5.74, 6) is 0.185. The third kappa shape index (κ3) is 4.82. The number of para-hydroxylation sites is 2. The average molecular weight is 332 g/mol. The van der Waals surface area contributed by atoms with Crippen molar-refractivity contribution in [1.29, 1.82) is 0 Å². The maximum Gasteiger partial charge on any atom is 0.260 e. The monoisotopic (exact) mass is 332 g/mol. The van der Waals surface area contributed by atoms with E-state index in [-0.39, 0.29) is 18.4 Å². The number of carbonyl (C=O) groups excluding carboxylic acids is 2. The molecule has 23 heavy (non-hydrogen) atoms. The Morgan fingerprint density at radius 2 is 2.00 bits per heavy atom. The van der Waals surface area contributed by atoms with Crippen LogP contribution in [-0.4, -0.2) is 30.4 Å². The van der Waals surface area contributed by atoms with Crippen molar-refractivity contribution in [3.63, 3.8) is 0 Å². The molecular weight excluding hydrogens is 312 g/mol. The molecule has 1 aromatic heterocycles. The molecule has 0 radical (unpaired) electrons. The van der Waals surface area contributed by atoms with Crippen LogP contribution in [0, 0.1) is 6.92 Å². The molecule has 0 saturated carbocycles. The van der Waals surface area contributed by atoms with Crippen molar-refractivity contribution in [3.8, 4) is 5.75 Å². The molecule has 2 amide bonds. The summed E-state index contributed by atoms with van der Waals surface area (Å²) in [6.07, 6.45) is 0. The fraction of sp³-hybridized carbons (Fsp3) is 0.294. The van der Waals surface area contributed by atoms with Gasteiger partial charge in [-0.1, -0.05) is 12.1 Å². The minimum atomic E-state index is -0.183. The molecule has 0 aliphatic carbocycles. The summed E-state index contributed by atoms with van der Waals surface area (Å²) in [5.41, 5.74) is 1.75. The van der Waals surface area contributed by atoms with Crippen molar-refractivity contribution >= 4 is 28.8 Å². The normalized spacial score (nSPS) is 10.2. The van der Waals surface area contributed by atoms with Crippen LogP contribution in [-0.2, 0) is 16.1 Å². The number of benzene rings is 1. The fourth-order valence-electron chi connectivity index (χ4n) is 2.00. The lowest BCUT2D eigenvalue weighted by molar-refractivity contribution is -0.132. The standard InChI is InChI=1S/C17H20N2O3S/c1-12-8-9-23-16(12)10-19(3)17(21)11-22-15-7-5-4-6-14(15)18-13(2)20/h4-9H,10-11H2,1-3H3,(H,18,20). The van der Waals surface area contributed by atoms with E-state index in [0.717, 1.165) is 0 Å². The van der Waals surface area contributed by atoms with Gasteiger partial charge < -0.3 is 15.0 Å². The van der Waals surface area contributed by atoms with Crippen molar-refractivity contribution in [2.45, 2.75) is 20.4 Å². The third-order valence-electron chi connectivity index (χ3n) is 3.32. The summed E-state index contributed by atoms with van der Waals surface area (Å²) >= 11 is 1.64. The topological polar surface area (TPSA) is 58.6 Å². The Hall–Kier alpha value is -2.34. The number of hydrogen-bond acceptors (Lipinski definition) is 4. The van der Waals surface area contributed by atoms with E-state index in [2.05, 4.69) is 5.32 Å². The number of thiophene rings is 1. The van der Waals surface area contributed by atoms with Crippen LogP contribution in [0.15, 0.2) is 35.7 Å². The summed E-state index contributed by atoms with van der Waals surface area (Å²) in [5, 5.41) is 4.70. The molecule has 0 aliphatic heterocycles. The van der Waals surface area contributed by atoms with Gasteiger partial charge in [-0.25, -0.2) is 0 Å². The molecule has 0 atom stereocenters. The van der Waals surface area contributed by atoms with Crippen LogP contribution in [0.25, 0.3) is 0 Å². The smallest absolute Gasteiger partial charge is 0.260 e. The number of hydrogen-bond donors (Lipinski definition) is 1. The van der Waals surface area contributed by atoms with Gasteiger partial charge in [0, 0.05) is 18.8 Å². The molecule has 0 bridgehead atoms. The highest BCUT2D eigenvalue weighted by atomic mass is 32.1. The molecule has 122 valence electrons. The van der Waals surface area contributed by atoms with Gasteiger partial charge in [0.25, 0.3) is 5.91 Å². The highest BCUT2D eigenvalue weighted by molar-refractivity contribution is 7.10. The van der Waals surface area contributed by atoms with Gasteiger partial charge in [0.15, 0.2) is 6.61 Å². The van der Waals surface area contributed by atoms with Crippen LogP contribution < -0.4 is 10.1 Å². The molecule has 2 aromatic rings. The number of nitrogens with zero attached hydrogens (tertiary/aromatic N) is 1. The van der Waals surface area contributed by atoms with Crippen LogP contribution >= 0.6 is 11.3 Å². The van der Waals surface area contributed by atoms with Gasteiger partial charge >= 0.3 is 0 Å².